The molecule has 1 aromatic heterocycles. The second-order valence-electron chi connectivity index (χ2n) is 4.69. The second-order valence-corrected chi connectivity index (χ2v) is 4.69. The summed E-state index contributed by atoms with van der Waals surface area (Å²) in [6, 6.07) is 5.25. The minimum Gasteiger partial charge on any atom is -0.466 e. The summed E-state index contributed by atoms with van der Waals surface area (Å²) in [6.45, 7) is 0.0271. The summed E-state index contributed by atoms with van der Waals surface area (Å²) in [5.74, 6) is -1.31. The molecule has 0 fully saturated rings. The smallest absolute Gasteiger partial charge is 0.355 e. The zero-order chi connectivity index (χ0) is 16.4. The fourth-order valence-corrected chi connectivity index (χ4v) is 2.42. The lowest BCUT2D eigenvalue weighted by Gasteiger charge is -2.31. The van der Waals surface area contributed by atoms with Crippen molar-refractivity contribution in [2.45, 2.75) is 0 Å². The number of hydrogen-bond acceptors (Lipinski definition) is 8. The van der Waals surface area contributed by atoms with Crippen molar-refractivity contribution in [2.75, 3.05) is 32.5 Å². The van der Waals surface area contributed by atoms with Crippen LogP contribution in [0.25, 0.3) is 11.1 Å². The first kappa shape index (κ1) is 15.0. The summed E-state index contributed by atoms with van der Waals surface area (Å²) in [6.07, 6.45) is 1.31. The molecule has 8 nitrogen and oxygen atoms in total. The van der Waals surface area contributed by atoms with Crippen molar-refractivity contribution in [1.29, 1.82) is 0 Å². The number of carbonyl (C=O) groups is 2. The number of carbonyl (C=O) groups excluding carboxylic acids is 2. The third-order valence-electron chi connectivity index (χ3n) is 3.46. The SMILES string of the molecule is COC(=O)C1=C(C(=O)OC)N(c2cccc3ocnc23)COC1. The molecule has 1 aliphatic heterocycles. The topological polar surface area (TPSA) is 91.1 Å². The zero-order valence-electron chi connectivity index (χ0n) is 12.6. The highest BCUT2D eigenvalue weighted by Crippen LogP contribution is 2.31. The maximum absolute atomic E-state index is 12.2. The summed E-state index contributed by atoms with van der Waals surface area (Å²) in [7, 11) is 2.48. The van der Waals surface area contributed by atoms with Gasteiger partial charge in [0, 0.05) is 0 Å². The second kappa shape index (κ2) is 6.09. The molecule has 0 amide bonds. The summed E-state index contributed by atoms with van der Waals surface area (Å²) in [4.78, 5) is 29.9. The van der Waals surface area contributed by atoms with E-state index in [9.17, 15) is 9.59 Å². The maximum atomic E-state index is 12.2. The van der Waals surface area contributed by atoms with E-state index in [4.69, 9.17) is 18.6 Å². The van der Waals surface area contributed by atoms with Crippen LogP contribution >= 0.6 is 0 Å². The predicted molar refractivity (Wildman–Crippen MR) is 78.4 cm³/mol. The van der Waals surface area contributed by atoms with Crippen molar-refractivity contribution in [3.8, 4) is 0 Å². The summed E-state index contributed by atoms with van der Waals surface area (Å²) in [5, 5.41) is 0. The van der Waals surface area contributed by atoms with Crippen molar-refractivity contribution in [2.24, 2.45) is 0 Å². The van der Waals surface area contributed by atoms with Crippen LogP contribution in [0.15, 0.2) is 40.3 Å². The van der Waals surface area contributed by atoms with Crippen LogP contribution in [-0.4, -0.2) is 44.5 Å². The largest absolute Gasteiger partial charge is 0.466 e. The Hall–Kier alpha value is -2.87. The van der Waals surface area contributed by atoms with E-state index in [1.807, 2.05) is 0 Å². The Morgan fingerprint density at radius 3 is 2.74 bits per heavy atom. The molecule has 1 aliphatic rings. The van der Waals surface area contributed by atoms with E-state index in [0.29, 0.717) is 16.8 Å². The van der Waals surface area contributed by atoms with Crippen LogP contribution in [0.3, 0.4) is 0 Å². The Kier molecular flexibility index (Phi) is 3.98. The van der Waals surface area contributed by atoms with Crippen LogP contribution in [0.1, 0.15) is 0 Å². The van der Waals surface area contributed by atoms with Gasteiger partial charge in [0.15, 0.2) is 12.0 Å². The van der Waals surface area contributed by atoms with E-state index >= 15 is 0 Å². The quantitative estimate of drug-likeness (QED) is 0.780. The number of fused-ring (bicyclic) bond motifs is 1. The lowest BCUT2D eigenvalue weighted by Crippen LogP contribution is -2.38. The van der Waals surface area contributed by atoms with Gasteiger partial charge in [0.05, 0.1) is 32.1 Å². The van der Waals surface area contributed by atoms with Crippen LogP contribution in [-0.2, 0) is 23.8 Å². The van der Waals surface area contributed by atoms with Crippen LogP contribution in [0.5, 0.6) is 0 Å². The molecule has 23 heavy (non-hydrogen) atoms. The number of methoxy groups -OCH3 is 2. The minimum atomic E-state index is -0.658. The molecule has 0 N–H and O–H groups in total. The molecule has 1 aromatic carbocycles. The molecule has 0 saturated heterocycles. The van der Waals surface area contributed by atoms with E-state index in [2.05, 4.69) is 4.98 Å². The number of oxazole rings is 1. The number of esters is 2. The summed E-state index contributed by atoms with van der Waals surface area (Å²) < 4.78 is 20.2. The number of ether oxygens (including phenoxy) is 3. The molecule has 3 rings (SSSR count). The molecule has 0 bridgehead atoms. The molecule has 0 spiro atoms. The van der Waals surface area contributed by atoms with Crippen LogP contribution in [0.2, 0.25) is 0 Å². The number of para-hydroxylation sites is 1. The van der Waals surface area contributed by atoms with E-state index in [0.717, 1.165) is 0 Å². The highest BCUT2D eigenvalue weighted by atomic mass is 16.5. The molecule has 0 radical (unpaired) electrons. The van der Waals surface area contributed by atoms with Gasteiger partial charge in [-0.1, -0.05) is 6.07 Å². The normalized spacial score (nSPS) is 15.0. The first-order valence-corrected chi connectivity index (χ1v) is 6.74. The summed E-state index contributed by atoms with van der Waals surface area (Å²) >= 11 is 0. The van der Waals surface area contributed by atoms with Crippen LogP contribution in [0.4, 0.5) is 5.69 Å². The third-order valence-corrected chi connectivity index (χ3v) is 3.46. The molecule has 0 aliphatic carbocycles. The van der Waals surface area contributed by atoms with Gasteiger partial charge in [-0.15, -0.1) is 0 Å². The molecule has 2 heterocycles. The van der Waals surface area contributed by atoms with E-state index in [-0.39, 0.29) is 24.6 Å². The Bertz CT molecular complexity index is 794. The van der Waals surface area contributed by atoms with E-state index in [1.54, 1.807) is 18.2 Å². The number of aromatic nitrogens is 1. The van der Waals surface area contributed by atoms with Crippen molar-refractivity contribution < 1.29 is 28.2 Å². The first-order valence-electron chi connectivity index (χ1n) is 6.74. The van der Waals surface area contributed by atoms with Gasteiger partial charge in [-0.25, -0.2) is 14.6 Å². The van der Waals surface area contributed by atoms with Crippen molar-refractivity contribution in [1.82, 2.24) is 4.98 Å². The maximum Gasteiger partial charge on any atom is 0.355 e. The van der Waals surface area contributed by atoms with Gasteiger partial charge in [0.2, 0.25) is 0 Å². The van der Waals surface area contributed by atoms with E-state index < -0.39 is 11.9 Å². The van der Waals surface area contributed by atoms with E-state index in [1.165, 1.54) is 25.5 Å². The lowest BCUT2D eigenvalue weighted by atomic mass is 10.1. The highest BCUT2D eigenvalue weighted by Gasteiger charge is 2.33. The molecular formula is C15H14N2O6. The number of benzene rings is 1. The number of nitrogens with zero attached hydrogens (tertiary/aromatic N) is 2. The molecule has 0 atom stereocenters. The predicted octanol–water partition coefficient (Wildman–Crippen LogP) is 1.22. The lowest BCUT2D eigenvalue weighted by molar-refractivity contribution is -0.140. The standard InChI is InChI=1S/C15H14N2O6/c1-20-14(18)9-6-22-8-17(13(9)15(19)21-2)10-4-3-5-11-12(10)16-7-23-11/h3-5,7H,6,8H2,1-2H3. The van der Waals surface area contributed by atoms with Gasteiger partial charge in [-0.2, -0.15) is 0 Å². The van der Waals surface area contributed by atoms with Gasteiger partial charge in [0.25, 0.3) is 0 Å². The molecule has 2 aromatic rings. The molecule has 0 saturated carbocycles. The van der Waals surface area contributed by atoms with Gasteiger partial charge in [-0.05, 0) is 12.1 Å². The van der Waals surface area contributed by atoms with Crippen molar-refractivity contribution in [3.05, 3.63) is 35.9 Å². The first-order chi connectivity index (χ1) is 11.2. The highest BCUT2D eigenvalue weighted by molar-refractivity contribution is 6.05. The number of rotatable bonds is 3. The van der Waals surface area contributed by atoms with Crippen molar-refractivity contribution >= 4 is 28.7 Å². The Morgan fingerprint density at radius 1 is 1.22 bits per heavy atom. The van der Waals surface area contributed by atoms with Gasteiger partial charge in [0.1, 0.15) is 17.9 Å². The Balaban J connectivity index is 2.18. The van der Waals surface area contributed by atoms with Gasteiger partial charge >= 0.3 is 11.9 Å². The molecule has 120 valence electrons. The van der Waals surface area contributed by atoms with Crippen molar-refractivity contribution in [3.63, 3.8) is 0 Å². The van der Waals surface area contributed by atoms with Gasteiger partial charge in [-0.3, -0.25) is 0 Å². The zero-order valence-corrected chi connectivity index (χ0v) is 12.6. The Morgan fingerprint density at radius 2 is 2.00 bits per heavy atom. The summed E-state index contributed by atoms with van der Waals surface area (Å²) in [5.41, 5.74) is 1.82. The molecule has 8 heteroatoms. The average molecular weight is 318 g/mol. The fraction of sp³-hybridized carbons (Fsp3) is 0.267. The minimum absolute atomic E-state index is 0.0393. The Labute approximate surface area is 131 Å². The molecule has 0 unspecified atom stereocenters. The number of anilines is 1. The van der Waals surface area contributed by atoms with Gasteiger partial charge < -0.3 is 23.5 Å². The molecular weight excluding hydrogens is 304 g/mol. The number of hydrogen-bond donors (Lipinski definition) is 0. The monoisotopic (exact) mass is 318 g/mol. The third kappa shape index (κ3) is 2.53. The fourth-order valence-electron chi connectivity index (χ4n) is 2.42. The average Bonchev–Trinajstić information content (AvgIpc) is 3.08. The van der Waals surface area contributed by atoms with Crippen LogP contribution < -0.4 is 4.90 Å². The van der Waals surface area contributed by atoms with Crippen LogP contribution in [0, 0.1) is 0 Å².